The average molecular weight is 274 g/mol. The molecule has 100 valence electrons. The van der Waals surface area contributed by atoms with Crippen molar-refractivity contribution in [1.82, 2.24) is 5.32 Å². The minimum Gasteiger partial charge on any atom is -0.350 e. The van der Waals surface area contributed by atoms with Gasteiger partial charge in [0, 0.05) is 4.88 Å². The summed E-state index contributed by atoms with van der Waals surface area (Å²) in [5, 5.41) is 4.96. The molecule has 0 aliphatic carbocycles. The van der Waals surface area contributed by atoms with E-state index in [4.69, 9.17) is 5.73 Å². The number of hydrogen-bond donors (Lipinski definition) is 2. The highest BCUT2D eigenvalue weighted by Crippen LogP contribution is 2.17. The number of hydrogen-bond acceptors (Lipinski definition) is 3. The highest BCUT2D eigenvalue weighted by molar-refractivity contribution is 7.10. The summed E-state index contributed by atoms with van der Waals surface area (Å²) in [6.07, 6.45) is 0.986. The summed E-state index contributed by atoms with van der Waals surface area (Å²) in [7, 11) is 0. The molecule has 3 nitrogen and oxygen atoms in total. The van der Waals surface area contributed by atoms with E-state index in [9.17, 15) is 4.79 Å². The van der Waals surface area contributed by atoms with Crippen molar-refractivity contribution in [2.45, 2.75) is 25.9 Å². The standard InChI is InChI=1S/C15H18N2OS/c1-2-11-8-9-19-13(11)10-17-15(18)14(16)12-6-4-3-5-7-12/h3-9,14H,2,10,16H2,1H3,(H,17,18)/t14-/m1/s1. The smallest absolute Gasteiger partial charge is 0.241 e. The van der Waals surface area contributed by atoms with Gasteiger partial charge in [0.15, 0.2) is 0 Å². The maximum atomic E-state index is 12.0. The SMILES string of the molecule is CCc1ccsc1CNC(=O)[C@H](N)c1ccccc1. The Balaban J connectivity index is 1.95. The van der Waals surface area contributed by atoms with Crippen molar-refractivity contribution in [3.63, 3.8) is 0 Å². The summed E-state index contributed by atoms with van der Waals surface area (Å²) < 4.78 is 0. The van der Waals surface area contributed by atoms with Crippen molar-refractivity contribution in [3.8, 4) is 0 Å². The topological polar surface area (TPSA) is 55.1 Å². The predicted molar refractivity (Wildman–Crippen MR) is 78.9 cm³/mol. The van der Waals surface area contributed by atoms with E-state index < -0.39 is 6.04 Å². The van der Waals surface area contributed by atoms with Gasteiger partial charge in [0.2, 0.25) is 5.91 Å². The van der Waals surface area contributed by atoms with E-state index in [1.54, 1.807) is 11.3 Å². The second-order valence-corrected chi connectivity index (χ2v) is 5.33. The van der Waals surface area contributed by atoms with Crippen LogP contribution in [0.15, 0.2) is 41.8 Å². The van der Waals surface area contributed by atoms with Gasteiger partial charge in [0.05, 0.1) is 6.54 Å². The molecular weight excluding hydrogens is 256 g/mol. The molecule has 1 amide bonds. The summed E-state index contributed by atoms with van der Waals surface area (Å²) >= 11 is 1.67. The summed E-state index contributed by atoms with van der Waals surface area (Å²) in [6, 6.07) is 10.9. The van der Waals surface area contributed by atoms with Crippen molar-refractivity contribution < 1.29 is 4.79 Å². The van der Waals surface area contributed by atoms with Crippen LogP contribution in [-0.2, 0) is 17.8 Å². The van der Waals surface area contributed by atoms with Crippen LogP contribution in [-0.4, -0.2) is 5.91 Å². The molecule has 0 saturated carbocycles. The van der Waals surface area contributed by atoms with E-state index in [1.807, 2.05) is 30.3 Å². The lowest BCUT2D eigenvalue weighted by atomic mass is 10.1. The van der Waals surface area contributed by atoms with Crippen LogP contribution >= 0.6 is 11.3 Å². The zero-order valence-electron chi connectivity index (χ0n) is 10.9. The zero-order chi connectivity index (χ0) is 13.7. The Hall–Kier alpha value is -1.65. The Labute approximate surface area is 117 Å². The third-order valence-electron chi connectivity index (χ3n) is 3.08. The van der Waals surface area contributed by atoms with Crippen molar-refractivity contribution in [2.24, 2.45) is 5.73 Å². The Morgan fingerprint density at radius 3 is 2.74 bits per heavy atom. The normalized spacial score (nSPS) is 12.1. The largest absolute Gasteiger partial charge is 0.350 e. The number of carbonyl (C=O) groups is 1. The number of thiophene rings is 1. The average Bonchev–Trinajstić information content (AvgIpc) is 2.92. The van der Waals surface area contributed by atoms with Crippen molar-refractivity contribution in [1.29, 1.82) is 0 Å². The van der Waals surface area contributed by atoms with Crippen LogP contribution < -0.4 is 11.1 Å². The molecule has 0 aliphatic rings. The zero-order valence-corrected chi connectivity index (χ0v) is 11.7. The molecule has 0 fully saturated rings. The first-order valence-corrected chi connectivity index (χ1v) is 7.23. The molecule has 1 aromatic carbocycles. The molecule has 0 spiro atoms. The second kappa shape index (κ2) is 6.50. The van der Waals surface area contributed by atoms with Crippen LogP contribution in [0.3, 0.4) is 0 Å². The number of carbonyl (C=O) groups excluding carboxylic acids is 1. The molecule has 0 saturated heterocycles. The third kappa shape index (κ3) is 3.43. The fraction of sp³-hybridized carbons (Fsp3) is 0.267. The van der Waals surface area contributed by atoms with Crippen LogP contribution in [0.4, 0.5) is 0 Å². The molecule has 3 N–H and O–H groups in total. The first-order valence-electron chi connectivity index (χ1n) is 6.36. The van der Waals surface area contributed by atoms with Crippen LogP contribution in [0.5, 0.6) is 0 Å². The Kier molecular flexibility index (Phi) is 4.71. The fourth-order valence-electron chi connectivity index (χ4n) is 1.93. The van der Waals surface area contributed by atoms with Crippen molar-refractivity contribution in [3.05, 3.63) is 57.8 Å². The molecule has 0 radical (unpaired) electrons. The minimum absolute atomic E-state index is 0.137. The van der Waals surface area contributed by atoms with E-state index in [2.05, 4.69) is 23.7 Å². The van der Waals surface area contributed by atoms with Gasteiger partial charge in [-0.15, -0.1) is 11.3 Å². The molecule has 0 unspecified atom stereocenters. The highest BCUT2D eigenvalue weighted by Gasteiger charge is 2.15. The van der Waals surface area contributed by atoms with Gasteiger partial charge in [0.25, 0.3) is 0 Å². The maximum absolute atomic E-state index is 12.0. The Bertz CT molecular complexity index is 536. The number of rotatable bonds is 5. The number of amides is 1. The molecule has 4 heteroatoms. The molecular formula is C15H18N2OS. The van der Waals surface area contributed by atoms with Gasteiger partial charge in [-0.25, -0.2) is 0 Å². The molecule has 0 bridgehead atoms. The van der Waals surface area contributed by atoms with Gasteiger partial charge < -0.3 is 11.1 Å². The van der Waals surface area contributed by atoms with Gasteiger partial charge in [-0.3, -0.25) is 4.79 Å². The van der Waals surface area contributed by atoms with Crippen LogP contribution in [0.1, 0.15) is 29.0 Å². The molecule has 1 atom stereocenters. The van der Waals surface area contributed by atoms with Crippen LogP contribution in [0, 0.1) is 0 Å². The van der Waals surface area contributed by atoms with Gasteiger partial charge in [-0.1, -0.05) is 37.3 Å². The fourth-order valence-corrected chi connectivity index (χ4v) is 2.84. The first-order chi connectivity index (χ1) is 9.22. The summed E-state index contributed by atoms with van der Waals surface area (Å²) in [6.45, 7) is 2.67. The van der Waals surface area contributed by atoms with Gasteiger partial charge in [-0.2, -0.15) is 0 Å². The van der Waals surface area contributed by atoms with Crippen LogP contribution in [0.2, 0.25) is 0 Å². The number of benzene rings is 1. The Morgan fingerprint density at radius 1 is 1.32 bits per heavy atom. The summed E-state index contributed by atoms with van der Waals surface area (Å²) in [5.41, 5.74) is 8.07. The molecule has 19 heavy (non-hydrogen) atoms. The molecule has 1 heterocycles. The molecule has 0 aliphatic heterocycles. The van der Waals surface area contributed by atoms with E-state index >= 15 is 0 Å². The van der Waals surface area contributed by atoms with E-state index in [1.165, 1.54) is 10.4 Å². The van der Waals surface area contributed by atoms with Gasteiger partial charge >= 0.3 is 0 Å². The van der Waals surface area contributed by atoms with E-state index in [0.717, 1.165) is 12.0 Å². The minimum atomic E-state index is -0.605. The lowest BCUT2D eigenvalue weighted by Crippen LogP contribution is -2.33. The van der Waals surface area contributed by atoms with Crippen molar-refractivity contribution in [2.75, 3.05) is 0 Å². The lowest BCUT2D eigenvalue weighted by molar-refractivity contribution is -0.122. The highest BCUT2D eigenvalue weighted by atomic mass is 32.1. The van der Waals surface area contributed by atoms with Crippen LogP contribution in [0.25, 0.3) is 0 Å². The second-order valence-electron chi connectivity index (χ2n) is 4.33. The maximum Gasteiger partial charge on any atom is 0.241 e. The summed E-state index contributed by atoms with van der Waals surface area (Å²) in [4.78, 5) is 13.2. The quantitative estimate of drug-likeness (QED) is 0.880. The molecule has 1 aromatic heterocycles. The predicted octanol–water partition coefficient (Wildman–Crippen LogP) is 2.63. The van der Waals surface area contributed by atoms with Gasteiger partial charge in [-0.05, 0) is 29.0 Å². The van der Waals surface area contributed by atoms with Crippen molar-refractivity contribution >= 4 is 17.2 Å². The Morgan fingerprint density at radius 2 is 2.05 bits per heavy atom. The number of aryl methyl sites for hydroxylation is 1. The van der Waals surface area contributed by atoms with E-state index in [-0.39, 0.29) is 5.91 Å². The van der Waals surface area contributed by atoms with E-state index in [0.29, 0.717) is 6.54 Å². The summed E-state index contributed by atoms with van der Waals surface area (Å²) in [5.74, 6) is -0.137. The number of nitrogens with one attached hydrogen (secondary N) is 1. The monoisotopic (exact) mass is 274 g/mol. The lowest BCUT2D eigenvalue weighted by Gasteiger charge is -2.12. The molecule has 2 aromatic rings. The van der Waals surface area contributed by atoms with Gasteiger partial charge in [0.1, 0.15) is 6.04 Å². The molecule has 2 rings (SSSR count). The number of nitrogens with two attached hydrogens (primary N) is 1. The third-order valence-corrected chi connectivity index (χ3v) is 4.05. The first kappa shape index (κ1) is 13.8.